The molecule has 0 amide bonds. The fourth-order valence-corrected chi connectivity index (χ4v) is 4.16. The van der Waals surface area contributed by atoms with Crippen molar-refractivity contribution in [3.8, 4) is 11.5 Å². The van der Waals surface area contributed by atoms with Gasteiger partial charge in [0.05, 0.1) is 37.0 Å². The standard InChI is InChI=1S/C19H23NO6S/c1-5-20(16-10-8-7-9-15(16)19(21)26-6-2)27(22,23)14-11-12-17(24-3)18(13-14)25-4/h7-13H,5-6H2,1-4H3. The van der Waals surface area contributed by atoms with Crippen LogP contribution in [0.5, 0.6) is 11.5 Å². The number of sulfonamides is 1. The quantitative estimate of drug-likeness (QED) is 0.641. The molecular formula is C19H23NO6S. The van der Waals surface area contributed by atoms with Gasteiger partial charge in [0.25, 0.3) is 10.0 Å². The molecule has 0 atom stereocenters. The third-order valence-corrected chi connectivity index (χ3v) is 5.78. The number of ether oxygens (including phenoxy) is 3. The van der Waals surface area contributed by atoms with Crippen LogP contribution in [-0.2, 0) is 14.8 Å². The molecule has 0 saturated carbocycles. The molecule has 27 heavy (non-hydrogen) atoms. The van der Waals surface area contributed by atoms with E-state index in [9.17, 15) is 13.2 Å². The molecule has 0 aliphatic heterocycles. The molecule has 0 N–H and O–H groups in total. The molecule has 0 bridgehead atoms. The monoisotopic (exact) mass is 393 g/mol. The number of methoxy groups -OCH3 is 2. The lowest BCUT2D eigenvalue weighted by molar-refractivity contribution is 0.0527. The molecule has 0 unspecified atom stereocenters. The summed E-state index contributed by atoms with van der Waals surface area (Å²) in [6.45, 7) is 3.72. The van der Waals surface area contributed by atoms with Crippen LogP contribution in [-0.4, -0.2) is 41.8 Å². The van der Waals surface area contributed by atoms with Crippen molar-refractivity contribution < 1.29 is 27.4 Å². The Labute approximate surface area is 159 Å². The number of carbonyl (C=O) groups is 1. The molecule has 8 heteroatoms. The van der Waals surface area contributed by atoms with E-state index in [0.29, 0.717) is 11.5 Å². The Morgan fingerprint density at radius 1 is 1.00 bits per heavy atom. The number of hydrogen-bond donors (Lipinski definition) is 0. The second-order valence-corrected chi connectivity index (χ2v) is 7.29. The van der Waals surface area contributed by atoms with Gasteiger partial charge in [0.2, 0.25) is 0 Å². The van der Waals surface area contributed by atoms with Crippen LogP contribution in [0.15, 0.2) is 47.4 Å². The van der Waals surface area contributed by atoms with Crippen molar-refractivity contribution in [1.29, 1.82) is 0 Å². The number of para-hydroxylation sites is 1. The van der Waals surface area contributed by atoms with E-state index in [4.69, 9.17) is 14.2 Å². The third kappa shape index (κ3) is 4.16. The van der Waals surface area contributed by atoms with Crippen LogP contribution in [0.1, 0.15) is 24.2 Å². The summed E-state index contributed by atoms with van der Waals surface area (Å²) in [6.07, 6.45) is 0. The van der Waals surface area contributed by atoms with Gasteiger partial charge in [-0.2, -0.15) is 0 Å². The number of anilines is 1. The van der Waals surface area contributed by atoms with Gasteiger partial charge in [-0.15, -0.1) is 0 Å². The molecule has 0 spiro atoms. The van der Waals surface area contributed by atoms with Crippen LogP contribution in [0.3, 0.4) is 0 Å². The lowest BCUT2D eigenvalue weighted by atomic mass is 10.2. The Morgan fingerprint density at radius 3 is 2.26 bits per heavy atom. The zero-order chi connectivity index (χ0) is 20.0. The fourth-order valence-electron chi connectivity index (χ4n) is 2.65. The number of rotatable bonds is 8. The molecule has 0 saturated heterocycles. The highest BCUT2D eigenvalue weighted by Crippen LogP contribution is 2.33. The van der Waals surface area contributed by atoms with Crippen molar-refractivity contribution in [2.45, 2.75) is 18.7 Å². The smallest absolute Gasteiger partial charge is 0.340 e. The van der Waals surface area contributed by atoms with E-state index in [1.807, 2.05) is 0 Å². The number of esters is 1. The molecule has 0 fully saturated rings. The average Bonchev–Trinajstić information content (AvgIpc) is 2.68. The van der Waals surface area contributed by atoms with Gasteiger partial charge in [-0.05, 0) is 38.1 Å². The van der Waals surface area contributed by atoms with Crippen LogP contribution in [0, 0.1) is 0 Å². The SMILES string of the molecule is CCOC(=O)c1ccccc1N(CC)S(=O)(=O)c1ccc(OC)c(OC)c1. The van der Waals surface area contributed by atoms with Crippen molar-refractivity contribution in [1.82, 2.24) is 0 Å². The Balaban J connectivity index is 2.56. The summed E-state index contributed by atoms with van der Waals surface area (Å²) in [5.74, 6) is 0.147. The van der Waals surface area contributed by atoms with Crippen molar-refractivity contribution in [3.63, 3.8) is 0 Å². The van der Waals surface area contributed by atoms with E-state index < -0.39 is 16.0 Å². The minimum absolute atomic E-state index is 0.0284. The molecule has 0 aromatic heterocycles. The van der Waals surface area contributed by atoms with E-state index in [0.717, 1.165) is 0 Å². The lowest BCUT2D eigenvalue weighted by Crippen LogP contribution is -2.32. The summed E-state index contributed by atoms with van der Waals surface area (Å²) in [5.41, 5.74) is 0.443. The van der Waals surface area contributed by atoms with Crippen molar-refractivity contribution in [3.05, 3.63) is 48.0 Å². The van der Waals surface area contributed by atoms with Gasteiger partial charge >= 0.3 is 5.97 Å². The predicted molar refractivity (Wildman–Crippen MR) is 102 cm³/mol. The maximum absolute atomic E-state index is 13.2. The molecule has 2 aromatic rings. The Bertz CT molecular complexity index is 910. The van der Waals surface area contributed by atoms with E-state index in [-0.39, 0.29) is 29.3 Å². The Morgan fingerprint density at radius 2 is 1.67 bits per heavy atom. The van der Waals surface area contributed by atoms with Crippen LogP contribution in [0.25, 0.3) is 0 Å². The van der Waals surface area contributed by atoms with E-state index in [1.165, 1.54) is 36.7 Å². The van der Waals surface area contributed by atoms with Crippen LogP contribution in [0.4, 0.5) is 5.69 Å². The molecule has 2 aromatic carbocycles. The zero-order valence-corrected chi connectivity index (χ0v) is 16.6. The molecule has 0 heterocycles. The lowest BCUT2D eigenvalue weighted by Gasteiger charge is -2.25. The zero-order valence-electron chi connectivity index (χ0n) is 15.8. The molecule has 0 aliphatic carbocycles. The van der Waals surface area contributed by atoms with Gasteiger partial charge in [-0.25, -0.2) is 13.2 Å². The van der Waals surface area contributed by atoms with Crippen molar-refractivity contribution >= 4 is 21.7 Å². The van der Waals surface area contributed by atoms with Crippen molar-refractivity contribution in [2.75, 3.05) is 31.7 Å². The first kappa shape index (κ1) is 20.6. The molecule has 146 valence electrons. The topological polar surface area (TPSA) is 82.1 Å². The summed E-state index contributed by atoms with van der Waals surface area (Å²) in [4.78, 5) is 12.3. The number of benzene rings is 2. The first-order chi connectivity index (χ1) is 12.9. The van der Waals surface area contributed by atoms with E-state index >= 15 is 0 Å². The second kappa shape index (κ2) is 8.77. The first-order valence-electron chi connectivity index (χ1n) is 8.41. The number of hydrogen-bond acceptors (Lipinski definition) is 6. The van der Waals surface area contributed by atoms with Gasteiger partial charge < -0.3 is 14.2 Å². The average molecular weight is 393 g/mol. The number of carbonyl (C=O) groups excluding carboxylic acids is 1. The predicted octanol–water partition coefficient (Wildman–Crippen LogP) is 3.10. The van der Waals surface area contributed by atoms with Gasteiger partial charge in [0.15, 0.2) is 11.5 Å². The van der Waals surface area contributed by atoms with Crippen LogP contribution < -0.4 is 13.8 Å². The highest BCUT2D eigenvalue weighted by atomic mass is 32.2. The van der Waals surface area contributed by atoms with Gasteiger partial charge in [0.1, 0.15) is 0 Å². The summed E-state index contributed by atoms with van der Waals surface area (Å²) >= 11 is 0. The van der Waals surface area contributed by atoms with Gasteiger partial charge in [-0.3, -0.25) is 4.31 Å². The second-order valence-electron chi connectivity index (χ2n) is 5.42. The van der Waals surface area contributed by atoms with E-state index in [2.05, 4.69) is 0 Å². The van der Waals surface area contributed by atoms with Gasteiger partial charge in [0, 0.05) is 12.6 Å². The largest absolute Gasteiger partial charge is 0.493 e. The van der Waals surface area contributed by atoms with Crippen LogP contribution >= 0.6 is 0 Å². The summed E-state index contributed by atoms with van der Waals surface area (Å²) in [7, 11) is -1.04. The fraction of sp³-hybridized carbons (Fsp3) is 0.316. The van der Waals surface area contributed by atoms with Crippen LogP contribution in [0.2, 0.25) is 0 Å². The Hall–Kier alpha value is -2.74. The maximum atomic E-state index is 13.2. The third-order valence-electron chi connectivity index (χ3n) is 3.90. The Kier molecular flexibility index (Phi) is 6.68. The summed E-state index contributed by atoms with van der Waals surface area (Å²) in [5, 5.41) is 0. The summed E-state index contributed by atoms with van der Waals surface area (Å²) < 4.78 is 43.1. The highest BCUT2D eigenvalue weighted by Gasteiger charge is 2.28. The minimum Gasteiger partial charge on any atom is -0.493 e. The first-order valence-corrected chi connectivity index (χ1v) is 9.85. The number of nitrogens with zero attached hydrogens (tertiary/aromatic N) is 1. The van der Waals surface area contributed by atoms with Gasteiger partial charge in [-0.1, -0.05) is 12.1 Å². The minimum atomic E-state index is -3.94. The summed E-state index contributed by atoms with van der Waals surface area (Å²) in [6, 6.07) is 10.8. The van der Waals surface area contributed by atoms with Crippen molar-refractivity contribution in [2.24, 2.45) is 0 Å². The molecular weight excluding hydrogens is 370 g/mol. The molecule has 0 radical (unpaired) electrons. The molecule has 7 nitrogen and oxygen atoms in total. The highest BCUT2D eigenvalue weighted by molar-refractivity contribution is 7.92. The molecule has 2 rings (SSSR count). The normalized spacial score (nSPS) is 11.0. The maximum Gasteiger partial charge on any atom is 0.340 e. The molecule has 0 aliphatic rings. The van der Waals surface area contributed by atoms with E-state index in [1.54, 1.807) is 38.1 Å².